The van der Waals surface area contributed by atoms with E-state index in [1.807, 2.05) is 0 Å². The summed E-state index contributed by atoms with van der Waals surface area (Å²) in [6.45, 7) is -0.319. The van der Waals surface area contributed by atoms with Gasteiger partial charge in [0, 0.05) is 0 Å². The Morgan fingerprint density at radius 2 is 1.60 bits per heavy atom. The number of rotatable bonds is 3. The number of ether oxygens (including phenoxy) is 1. The maximum absolute atomic E-state index is 13.3. The second-order valence-corrected chi connectivity index (χ2v) is 4.08. The smallest absolute Gasteiger partial charge is 0.406 e. The van der Waals surface area contributed by atoms with Gasteiger partial charge in [0.05, 0.1) is 6.61 Å². The van der Waals surface area contributed by atoms with Crippen LogP contribution in [-0.2, 0) is 6.61 Å². The molecule has 0 aliphatic rings. The van der Waals surface area contributed by atoms with Crippen molar-refractivity contribution in [3.8, 4) is 16.9 Å². The largest absolute Gasteiger partial charge is 0.573 e. The van der Waals surface area contributed by atoms with Gasteiger partial charge in [0.15, 0.2) is 0 Å². The quantitative estimate of drug-likeness (QED) is 0.868. The van der Waals surface area contributed by atoms with Crippen molar-refractivity contribution in [1.29, 1.82) is 0 Å². The SMILES string of the molecule is OCc1cc(F)cc(-c2ccc(OC(F)(F)F)cc2)c1. The molecule has 0 bridgehead atoms. The molecule has 2 aromatic carbocycles. The number of aliphatic hydroxyl groups is 1. The van der Waals surface area contributed by atoms with E-state index in [1.165, 1.54) is 24.3 Å². The molecule has 1 N–H and O–H groups in total. The molecule has 0 fully saturated rings. The van der Waals surface area contributed by atoms with Crippen LogP contribution in [0.15, 0.2) is 42.5 Å². The molecule has 2 aromatic rings. The first-order chi connectivity index (χ1) is 9.37. The van der Waals surface area contributed by atoms with Crippen molar-refractivity contribution in [2.75, 3.05) is 0 Å². The maximum atomic E-state index is 13.3. The molecule has 0 atom stereocenters. The van der Waals surface area contributed by atoms with Gasteiger partial charge in [0.1, 0.15) is 11.6 Å². The second-order valence-electron chi connectivity index (χ2n) is 4.08. The summed E-state index contributed by atoms with van der Waals surface area (Å²) in [5.41, 5.74) is 1.37. The lowest BCUT2D eigenvalue weighted by Crippen LogP contribution is -2.16. The summed E-state index contributed by atoms with van der Waals surface area (Å²) in [5, 5.41) is 8.99. The van der Waals surface area contributed by atoms with Crippen molar-refractivity contribution < 1.29 is 27.4 Å². The monoisotopic (exact) mass is 286 g/mol. The third-order valence-corrected chi connectivity index (χ3v) is 2.56. The normalized spacial score (nSPS) is 11.4. The highest BCUT2D eigenvalue weighted by Crippen LogP contribution is 2.27. The lowest BCUT2D eigenvalue weighted by molar-refractivity contribution is -0.274. The zero-order valence-electron chi connectivity index (χ0n) is 10.1. The first kappa shape index (κ1) is 14.3. The van der Waals surface area contributed by atoms with Gasteiger partial charge in [-0.05, 0) is 47.0 Å². The number of alkyl halides is 3. The molecule has 0 aromatic heterocycles. The molecule has 0 unspecified atom stereocenters. The van der Waals surface area contributed by atoms with Crippen LogP contribution in [0, 0.1) is 5.82 Å². The van der Waals surface area contributed by atoms with Crippen LogP contribution >= 0.6 is 0 Å². The summed E-state index contributed by atoms with van der Waals surface area (Å²) >= 11 is 0. The molecule has 0 aliphatic heterocycles. The average Bonchev–Trinajstić information content (AvgIpc) is 2.37. The summed E-state index contributed by atoms with van der Waals surface area (Å²) < 4.78 is 53.1. The van der Waals surface area contributed by atoms with Crippen LogP contribution < -0.4 is 4.74 Å². The minimum Gasteiger partial charge on any atom is -0.406 e. The highest BCUT2D eigenvalue weighted by atomic mass is 19.4. The van der Waals surface area contributed by atoms with E-state index >= 15 is 0 Å². The van der Waals surface area contributed by atoms with Crippen molar-refractivity contribution in [3.63, 3.8) is 0 Å². The average molecular weight is 286 g/mol. The number of aliphatic hydroxyl groups excluding tert-OH is 1. The molecule has 20 heavy (non-hydrogen) atoms. The van der Waals surface area contributed by atoms with Gasteiger partial charge in [-0.15, -0.1) is 13.2 Å². The van der Waals surface area contributed by atoms with Crippen molar-refractivity contribution in [1.82, 2.24) is 0 Å². The first-order valence-corrected chi connectivity index (χ1v) is 5.64. The molecule has 2 rings (SSSR count). The van der Waals surface area contributed by atoms with Crippen LogP contribution in [-0.4, -0.2) is 11.5 Å². The van der Waals surface area contributed by atoms with E-state index in [9.17, 15) is 17.6 Å². The minimum absolute atomic E-state index is 0.319. The fraction of sp³-hybridized carbons (Fsp3) is 0.143. The summed E-state index contributed by atoms with van der Waals surface area (Å²) in [6.07, 6.45) is -4.75. The van der Waals surface area contributed by atoms with E-state index in [0.29, 0.717) is 16.7 Å². The summed E-state index contributed by atoms with van der Waals surface area (Å²) in [6, 6.07) is 9.04. The standard InChI is InChI=1S/C14H10F4O2/c15-12-6-9(8-19)5-11(7-12)10-1-3-13(4-2-10)20-14(16,17)18/h1-7,19H,8H2. The number of benzene rings is 2. The van der Waals surface area contributed by atoms with E-state index in [4.69, 9.17) is 5.11 Å². The Balaban J connectivity index is 2.28. The predicted octanol–water partition coefficient (Wildman–Crippen LogP) is 3.88. The molecule has 0 aliphatic carbocycles. The molecule has 0 amide bonds. The van der Waals surface area contributed by atoms with Crippen LogP contribution in [0.3, 0.4) is 0 Å². The van der Waals surface area contributed by atoms with Crippen LogP contribution in [0.25, 0.3) is 11.1 Å². The fourth-order valence-corrected chi connectivity index (χ4v) is 1.76. The lowest BCUT2D eigenvalue weighted by atomic mass is 10.0. The molecule has 0 saturated carbocycles. The van der Waals surface area contributed by atoms with Gasteiger partial charge in [-0.25, -0.2) is 4.39 Å². The lowest BCUT2D eigenvalue weighted by Gasteiger charge is -2.10. The molecule has 0 radical (unpaired) electrons. The van der Waals surface area contributed by atoms with Gasteiger partial charge in [0.2, 0.25) is 0 Å². The summed E-state index contributed by atoms with van der Waals surface area (Å²) in [4.78, 5) is 0. The van der Waals surface area contributed by atoms with Gasteiger partial charge in [0.25, 0.3) is 0 Å². The molecule has 0 saturated heterocycles. The van der Waals surface area contributed by atoms with Crippen LogP contribution in [0.4, 0.5) is 17.6 Å². The van der Waals surface area contributed by atoms with Crippen molar-refractivity contribution in [3.05, 3.63) is 53.8 Å². The fourth-order valence-electron chi connectivity index (χ4n) is 1.76. The Bertz CT molecular complexity index is 591. The van der Waals surface area contributed by atoms with Crippen molar-refractivity contribution in [2.45, 2.75) is 13.0 Å². The van der Waals surface area contributed by atoms with Gasteiger partial charge in [-0.1, -0.05) is 12.1 Å². The Morgan fingerprint density at radius 1 is 0.950 bits per heavy atom. The highest BCUT2D eigenvalue weighted by Gasteiger charge is 2.30. The number of halogens is 4. The Hall–Kier alpha value is -2.08. The molecular weight excluding hydrogens is 276 g/mol. The Morgan fingerprint density at radius 3 is 2.15 bits per heavy atom. The molecule has 2 nitrogen and oxygen atoms in total. The molecule has 0 heterocycles. The number of hydrogen-bond donors (Lipinski definition) is 1. The Labute approximate surface area is 112 Å². The van der Waals surface area contributed by atoms with Gasteiger partial charge >= 0.3 is 6.36 Å². The topological polar surface area (TPSA) is 29.5 Å². The van der Waals surface area contributed by atoms with E-state index < -0.39 is 12.2 Å². The molecule has 0 spiro atoms. The molecule has 6 heteroatoms. The third-order valence-electron chi connectivity index (χ3n) is 2.56. The van der Waals surface area contributed by atoms with Gasteiger partial charge in [-0.2, -0.15) is 0 Å². The van der Waals surface area contributed by atoms with Crippen molar-refractivity contribution in [2.24, 2.45) is 0 Å². The number of hydrogen-bond acceptors (Lipinski definition) is 2. The minimum atomic E-state index is -4.75. The Kier molecular flexibility index (Phi) is 3.94. The van der Waals surface area contributed by atoms with E-state index in [-0.39, 0.29) is 12.4 Å². The van der Waals surface area contributed by atoms with Crippen LogP contribution in [0.5, 0.6) is 5.75 Å². The summed E-state index contributed by atoms with van der Waals surface area (Å²) in [7, 11) is 0. The third kappa shape index (κ3) is 3.71. The second kappa shape index (κ2) is 5.50. The molecular formula is C14H10F4O2. The highest BCUT2D eigenvalue weighted by molar-refractivity contribution is 5.65. The molecule has 106 valence electrons. The zero-order chi connectivity index (χ0) is 14.8. The van der Waals surface area contributed by atoms with Crippen LogP contribution in [0.1, 0.15) is 5.56 Å². The van der Waals surface area contributed by atoms with E-state index in [1.54, 1.807) is 6.07 Å². The van der Waals surface area contributed by atoms with Crippen molar-refractivity contribution >= 4 is 0 Å². The van der Waals surface area contributed by atoms with Gasteiger partial charge < -0.3 is 9.84 Å². The van der Waals surface area contributed by atoms with E-state index in [0.717, 1.165) is 12.1 Å². The first-order valence-electron chi connectivity index (χ1n) is 5.64. The maximum Gasteiger partial charge on any atom is 0.573 e. The predicted molar refractivity (Wildman–Crippen MR) is 64.4 cm³/mol. The van der Waals surface area contributed by atoms with Gasteiger partial charge in [-0.3, -0.25) is 0 Å². The zero-order valence-corrected chi connectivity index (χ0v) is 10.1. The van der Waals surface area contributed by atoms with Crippen LogP contribution in [0.2, 0.25) is 0 Å². The van der Waals surface area contributed by atoms with E-state index in [2.05, 4.69) is 4.74 Å². The summed E-state index contributed by atoms with van der Waals surface area (Å²) in [5.74, 6) is -0.873.